The number of hydrogen-bond donors (Lipinski definition) is 2. The third-order valence-electron chi connectivity index (χ3n) is 5.03. The summed E-state index contributed by atoms with van der Waals surface area (Å²) in [5, 5.41) is 11.0. The molecule has 2 aromatic rings. The minimum absolute atomic E-state index is 0.0616. The number of benzene rings is 1. The number of thioether (sulfide) groups is 1. The predicted molar refractivity (Wildman–Crippen MR) is 113 cm³/mol. The largest absolute Gasteiger partial charge is 0.376 e. The molecular formula is C20H23ClN4O3S. The summed E-state index contributed by atoms with van der Waals surface area (Å²) in [6.07, 6.45) is 2.26. The summed E-state index contributed by atoms with van der Waals surface area (Å²) in [6, 6.07) is 7.28. The summed E-state index contributed by atoms with van der Waals surface area (Å²) in [7, 11) is 0. The Balaban J connectivity index is 1.42. The van der Waals surface area contributed by atoms with Gasteiger partial charge in [0.1, 0.15) is 12.4 Å². The Morgan fingerprint density at radius 3 is 2.93 bits per heavy atom. The molecule has 0 saturated carbocycles. The highest BCUT2D eigenvalue weighted by atomic mass is 35.5. The van der Waals surface area contributed by atoms with E-state index in [0.717, 1.165) is 47.8 Å². The lowest BCUT2D eigenvalue weighted by molar-refractivity contribution is -0.122. The van der Waals surface area contributed by atoms with Crippen molar-refractivity contribution in [2.45, 2.75) is 43.4 Å². The smallest absolute Gasteiger partial charge is 0.241 e. The summed E-state index contributed by atoms with van der Waals surface area (Å²) < 4.78 is 7.14. The highest BCUT2D eigenvalue weighted by Gasteiger charge is 2.25. The average molecular weight is 435 g/mol. The van der Waals surface area contributed by atoms with E-state index in [4.69, 9.17) is 16.3 Å². The van der Waals surface area contributed by atoms with Gasteiger partial charge in [0.2, 0.25) is 11.8 Å². The zero-order valence-corrected chi connectivity index (χ0v) is 17.5. The Morgan fingerprint density at radius 2 is 2.14 bits per heavy atom. The quantitative estimate of drug-likeness (QED) is 0.699. The van der Waals surface area contributed by atoms with E-state index >= 15 is 0 Å². The second-order valence-corrected chi connectivity index (χ2v) is 8.57. The zero-order valence-electron chi connectivity index (χ0n) is 15.9. The molecule has 0 radical (unpaired) electrons. The van der Waals surface area contributed by atoms with Crippen LogP contribution in [0, 0.1) is 0 Å². The van der Waals surface area contributed by atoms with Gasteiger partial charge >= 0.3 is 0 Å². The fourth-order valence-electron chi connectivity index (χ4n) is 3.54. The van der Waals surface area contributed by atoms with Crippen molar-refractivity contribution in [3.8, 4) is 0 Å². The Bertz CT molecular complexity index is 911. The second kappa shape index (κ2) is 9.19. The number of amides is 2. The normalized spacial score (nSPS) is 17.9. The van der Waals surface area contributed by atoms with Gasteiger partial charge in [0.25, 0.3) is 0 Å². The van der Waals surface area contributed by atoms with Crippen LogP contribution in [-0.2, 0) is 38.8 Å². The molecule has 0 unspecified atom stereocenters. The maximum absolute atomic E-state index is 12.6. The molecular weight excluding hydrogens is 412 g/mol. The number of carbonyl (C=O) groups is 2. The van der Waals surface area contributed by atoms with Gasteiger partial charge in [-0.15, -0.1) is 0 Å². The van der Waals surface area contributed by atoms with Crippen LogP contribution in [-0.4, -0.2) is 40.9 Å². The van der Waals surface area contributed by atoms with Gasteiger partial charge in [-0.25, -0.2) is 4.68 Å². The zero-order chi connectivity index (χ0) is 20.2. The lowest BCUT2D eigenvalue weighted by Crippen LogP contribution is -2.34. The van der Waals surface area contributed by atoms with E-state index in [1.54, 1.807) is 22.5 Å². The molecule has 1 fully saturated rings. The molecule has 1 aromatic heterocycles. The Labute approximate surface area is 178 Å². The van der Waals surface area contributed by atoms with Crippen molar-refractivity contribution in [3.05, 3.63) is 46.1 Å². The van der Waals surface area contributed by atoms with Gasteiger partial charge in [0.15, 0.2) is 0 Å². The van der Waals surface area contributed by atoms with Crippen molar-refractivity contribution in [1.82, 2.24) is 15.1 Å². The first-order chi connectivity index (χ1) is 14.1. The van der Waals surface area contributed by atoms with Gasteiger partial charge in [0, 0.05) is 35.2 Å². The highest BCUT2D eigenvalue weighted by molar-refractivity contribution is 7.98. The molecule has 9 heteroatoms. The lowest BCUT2D eigenvalue weighted by atomic mass is 10.1. The molecule has 1 atom stereocenters. The van der Waals surface area contributed by atoms with E-state index in [1.165, 1.54) is 0 Å². The molecule has 4 rings (SSSR count). The van der Waals surface area contributed by atoms with Crippen LogP contribution in [0.4, 0.5) is 5.82 Å². The van der Waals surface area contributed by atoms with Gasteiger partial charge in [0.05, 0.1) is 18.2 Å². The number of carbonyl (C=O) groups excluding carboxylic acids is 2. The molecule has 2 aliphatic rings. The van der Waals surface area contributed by atoms with E-state index in [0.29, 0.717) is 17.4 Å². The molecule has 1 saturated heterocycles. The van der Waals surface area contributed by atoms with E-state index in [2.05, 4.69) is 15.7 Å². The van der Waals surface area contributed by atoms with Gasteiger partial charge in [-0.3, -0.25) is 9.59 Å². The highest BCUT2D eigenvalue weighted by Crippen LogP contribution is 2.34. The van der Waals surface area contributed by atoms with E-state index in [-0.39, 0.29) is 30.9 Å². The molecule has 0 bridgehead atoms. The van der Waals surface area contributed by atoms with Crippen molar-refractivity contribution in [1.29, 1.82) is 0 Å². The minimum atomic E-state index is -0.182. The van der Waals surface area contributed by atoms with Crippen molar-refractivity contribution >= 4 is 41.0 Å². The molecule has 2 amide bonds. The average Bonchev–Trinajstić information content (AvgIpc) is 3.42. The van der Waals surface area contributed by atoms with E-state index in [9.17, 15) is 9.59 Å². The summed E-state index contributed by atoms with van der Waals surface area (Å²) in [6.45, 7) is 1.32. The number of halogens is 1. The second-order valence-electron chi connectivity index (χ2n) is 7.18. The Hall–Kier alpha value is -2.03. The van der Waals surface area contributed by atoms with Gasteiger partial charge in [-0.1, -0.05) is 29.8 Å². The number of fused-ring (bicyclic) bond motifs is 1. The monoisotopic (exact) mass is 434 g/mol. The summed E-state index contributed by atoms with van der Waals surface area (Å²) in [4.78, 5) is 25.0. The first-order valence-corrected chi connectivity index (χ1v) is 11.2. The van der Waals surface area contributed by atoms with Crippen molar-refractivity contribution < 1.29 is 14.3 Å². The summed E-state index contributed by atoms with van der Waals surface area (Å²) in [5.74, 6) is 1.84. The number of anilines is 1. The lowest BCUT2D eigenvalue weighted by Gasteiger charge is -2.13. The fourth-order valence-corrected chi connectivity index (χ4v) is 4.77. The molecule has 2 aliphatic heterocycles. The van der Waals surface area contributed by atoms with Crippen LogP contribution in [0.5, 0.6) is 0 Å². The van der Waals surface area contributed by atoms with Crippen LogP contribution in [0.25, 0.3) is 0 Å². The van der Waals surface area contributed by atoms with Gasteiger partial charge in [-0.05, 0) is 24.5 Å². The molecule has 0 spiro atoms. The topological polar surface area (TPSA) is 85.2 Å². The number of nitrogens with one attached hydrogen (secondary N) is 2. The minimum Gasteiger partial charge on any atom is -0.376 e. The molecule has 29 heavy (non-hydrogen) atoms. The van der Waals surface area contributed by atoms with Crippen molar-refractivity contribution in [3.63, 3.8) is 0 Å². The van der Waals surface area contributed by atoms with Gasteiger partial charge in [-0.2, -0.15) is 16.9 Å². The maximum atomic E-state index is 12.6. The molecule has 1 aromatic carbocycles. The van der Waals surface area contributed by atoms with Crippen LogP contribution in [0.3, 0.4) is 0 Å². The first-order valence-electron chi connectivity index (χ1n) is 9.68. The van der Waals surface area contributed by atoms with Crippen molar-refractivity contribution in [2.24, 2.45) is 0 Å². The van der Waals surface area contributed by atoms with Crippen molar-refractivity contribution in [2.75, 3.05) is 18.5 Å². The molecule has 0 aliphatic carbocycles. The van der Waals surface area contributed by atoms with Crippen LogP contribution in [0.2, 0.25) is 5.02 Å². The maximum Gasteiger partial charge on any atom is 0.241 e. The standard InChI is InChI=1S/C20H23ClN4O3S/c21-16-6-2-1-4-13(16)8-18(26)23-20-15-11-29-12-17(15)24-25(20)10-19(27)22-9-14-5-3-7-28-14/h1-2,4,6,14H,3,5,7-12H2,(H,22,27)(H,23,26)/t14-/m0/s1. The summed E-state index contributed by atoms with van der Waals surface area (Å²) in [5.41, 5.74) is 2.68. The number of ether oxygens (including phenoxy) is 1. The molecule has 154 valence electrons. The van der Waals surface area contributed by atoms with E-state index in [1.807, 2.05) is 18.2 Å². The van der Waals surface area contributed by atoms with Crippen LogP contribution >= 0.6 is 23.4 Å². The van der Waals surface area contributed by atoms with Gasteiger partial charge < -0.3 is 15.4 Å². The van der Waals surface area contributed by atoms with E-state index < -0.39 is 0 Å². The van der Waals surface area contributed by atoms with Crippen LogP contribution in [0.1, 0.15) is 29.7 Å². The SMILES string of the molecule is O=C(Cn1nc2c(c1NC(=O)Cc1ccccc1Cl)CSC2)NC[C@@H]1CCCO1. The number of hydrogen-bond acceptors (Lipinski definition) is 5. The molecule has 7 nitrogen and oxygen atoms in total. The Morgan fingerprint density at radius 1 is 1.28 bits per heavy atom. The predicted octanol–water partition coefficient (Wildman–Crippen LogP) is 2.76. The number of aromatic nitrogens is 2. The fraction of sp³-hybridized carbons (Fsp3) is 0.450. The number of rotatable bonds is 7. The molecule has 3 heterocycles. The first kappa shape index (κ1) is 20.3. The van der Waals surface area contributed by atoms with Crippen LogP contribution in [0.15, 0.2) is 24.3 Å². The summed E-state index contributed by atoms with van der Waals surface area (Å²) >= 11 is 7.92. The Kier molecular flexibility index (Phi) is 6.42. The van der Waals surface area contributed by atoms with Crippen LogP contribution < -0.4 is 10.6 Å². The third kappa shape index (κ3) is 4.94. The number of nitrogens with zero attached hydrogens (tertiary/aromatic N) is 2. The molecule has 2 N–H and O–H groups in total. The third-order valence-corrected chi connectivity index (χ3v) is 6.37.